The van der Waals surface area contributed by atoms with Gasteiger partial charge in [-0.25, -0.2) is 0 Å². The Kier molecular flexibility index (Phi) is 4.71. The van der Waals surface area contributed by atoms with Crippen LogP contribution in [0.15, 0.2) is 42.5 Å². The molecule has 1 N–H and O–H groups in total. The molecule has 2 aromatic rings. The van der Waals surface area contributed by atoms with Crippen LogP contribution < -0.4 is 15.0 Å². The second-order valence-corrected chi connectivity index (χ2v) is 5.90. The summed E-state index contributed by atoms with van der Waals surface area (Å²) in [6.07, 6.45) is 0.251. The summed E-state index contributed by atoms with van der Waals surface area (Å²) in [7, 11) is 0. The number of halogens is 1. The zero-order chi connectivity index (χ0) is 17.1. The van der Waals surface area contributed by atoms with Gasteiger partial charge < -0.3 is 15.0 Å². The first-order valence-electron chi connectivity index (χ1n) is 7.68. The van der Waals surface area contributed by atoms with Crippen molar-refractivity contribution in [2.45, 2.75) is 13.3 Å². The van der Waals surface area contributed by atoms with Gasteiger partial charge in [0, 0.05) is 17.3 Å². The molecule has 6 heteroatoms. The third-order valence-corrected chi connectivity index (χ3v) is 4.03. The van der Waals surface area contributed by atoms with Crippen molar-refractivity contribution in [2.24, 2.45) is 0 Å². The minimum absolute atomic E-state index is 0.0448. The van der Waals surface area contributed by atoms with Crippen LogP contribution >= 0.6 is 11.6 Å². The van der Waals surface area contributed by atoms with E-state index in [4.69, 9.17) is 16.3 Å². The normalized spacial score (nSPS) is 13.2. The maximum absolute atomic E-state index is 12.2. The Morgan fingerprint density at radius 2 is 2.00 bits per heavy atom. The summed E-state index contributed by atoms with van der Waals surface area (Å²) in [5, 5.41) is 3.49. The molecule has 5 nitrogen and oxygen atoms in total. The molecule has 124 valence electrons. The highest BCUT2D eigenvalue weighted by atomic mass is 35.5. The molecular formula is C18H17ClN2O3. The van der Waals surface area contributed by atoms with E-state index >= 15 is 0 Å². The van der Waals surface area contributed by atoms with Gasteiger partial charge in [0.15, 0.2) is 6.61 Å². The first kappa shape index (κ1) is 16.3. The Morgan fingerprint density at radius 1 is 1.25 bits per heavy atom. The molecule has 0 aromatic heterocycles. The number of ether oxygens (including phenoxy) is 1. The minimum atomic E-state index is -0.136. The zero-order valence-electron chi connectivity index (χ0n) is 13.2. The number of hydrogen-bond donors (Lipinski definition) is 1. The molecule has 1 aliphatic heterocycles. The lowest BCUT2D eigenvalue weighted by Crippen LogP contribution is -2.38. The van der Waals surface area contributed by atoms with Crippen LogP contribution in [0.1, 0.15) is 12.5 Å². The zero-order valence-corrected chi connectivity index (χ0v) is 14.0. The van der Waals surface area contributed by atoms with E-state index in [1.165, 1.54) is 0 Å². The Hall–Kier alpha value is -2.53. The van der Waals surface area contributed by atoms with Crippen LogP contribution in [0, 0.1) is 0 Å². The molecule has 0 aliphatic carbocycles. The largest absolute Gasteiger partial charge is 0.482 e. The third kappa shape index (κ3) is 3.51. The van der Waals surface area contributed by atoms with Crippen molar-refractivity contribution < 1.29 is 14.3 Å². The van der Waals surface area contributed by atoms with Crippen molar-refractivity contribution in [3.8, 4) is 5.75 Å². The Morgan fingerprint density at radius 3 is 2.71 bits per heavy atom. The van der Waals surface area contributed by atoms with Crippen LogP contribution in [0.25, 0.3) is 0 Å². The SMILES string of the molecule is CCN1C(=O)COc2ccc(NC(=O)Cc3ccc(Cl)cc3)cc21. The second-order valence-electron chi connectivity index (χ2n) is 5.46. The van der Waals surface area contributed by atoms with Crippen LogP contribution in [-0.4, -0.2) is 25.0 Å². The molecule has 0 unspecified atom stereocenters. The monoisotopic (exact) mass is 344 g/mol. The summed E-state index contributed by atoms with van der Waals surface area (Å²) in [6.45, 7) is 2.50. The molecule has 2 amide bonds. The van der Waals surface area contributed by atoms with E-state index < -0.39 is 0 Å². The van der Waals surface area contributed by atoms with E-state index in [1.807, 2.05) is 19.1 Å². The molecule has 0 saturated heterocycles. The topological polar surface area (TPSA) is 58.6 Å². The average molecular weight is 345 g/mol. The quantitative estimate of drug-likeness (QED) is 0.926. The smallest absolute Gasteiger partial charge is 0.265 e. The van der Waals surface area contributed by atoms with E-state index in [1.54, 1.807) is 35.2 Å². The van der Waals surface area contributed by atoms with Gasteiger partial charge in [-0.15, -0.1) is 0 Å². The van der Waals surface area contributed by atoms with Gasteiger partial charge in [-0.3, -0.25) is 9.59 Å². The average Bonchev–Trinajstić information content (AvgIpc) is 2.57. The van der Waals surface area contributed by atoms with Crippen molar-refractivity contribution in [2.75, 3.05) is 23.4 Å². The number of nitrogens with zero attached hydrogens (tertiary/aromatic N) is 1. The molecule has 0 bridgehead atoms. The molecular weight excluding hydrogens is 328 g/mol. The molecule has 0 spiro atoms. The summed E-state index contributed by atoms with van der Waals surface area (Å²) in [5.41, 5.74) is 2.19. The predicted molar refractivity (Wildman–Crippen MR) is 93.7 cm³/mol. The number of rotatable bonds is 4. The van der Waals surface area contributed by atoms with Crippen LogP contribution in [0.3, 0.4) is 0 Å². The summed E-state index contributed by atoms with van der Waals surface area (Å²) in [5.74, 6) is 0.421. The van der Waals surface area contributed by atoms with Crippen molar-refractivity contribution in [3.05, 3.63) is 53.1 Å². The fraction of sp³-hybridized carbons (Fsp3) is 0.222. The number of carbonyl (C=O) groups is 2. The highest BCUT2D eigenvalue weighted by Crippen LogP contribution is 2.34. The molecule has 1 heterocycles. The highest BCUT2D eigenvalue weighted by Gasteiger charge is 2.24. The molecule has 0 radical (unpaired) electrons. The van der Waals surface area contributed by atoms with Gasteiger partial charge in [0.1, 0.15) is 5.75 Å². The van der Waals surface area contributed by atoms with E-state index in [0.29, 0.717) is 28.7 Å². The molecule has 3 rings (SSSR count). The minimum Gasteiger partial charge on any atom is -0.482 e. The van der Waals surface area contributed by atoms with Crippen LogP contribution in [-0.2, 0) is 16.0 Å². The van der Waals surface area contributed by atoms with Crippen molar-refractivity contribution in [1.29, 1.82) is 0 Å². The van der Waals surface area contributed by atoms with Gasteiger partial charge in [-0.05, 0) is 42.8 Å². The summed E-state index contributed by atoms with van der Waals surface area (Å²) < 4.78 is 5.42. The fourth-order valence-electron chi connectivity index (χ4n) is 2.62. The first-order chi connectivity index (χ1) is 11.6. The second kappa shape index (κ2) is 6.93. The summed E-state index contributed by atoms with van der Waals surface area (Å²) >= 11 is 5.84. The van der Waals surface area contributed by atoms with Gasteiger partial charge in [-0.2, -0.15) is 0 Å². The lowest BCUT2D eigenvalue weighted by Gasteiger charge is -2.28. The molecule has 0 saturated carbocycles. The van der Waals surface area contributed by atoms with Crippen molar-refractivity contribution >= 4 is 34.8 Å². The van der Waals surface area contributed by atoms with Gasteiger partial charge in [0.05, 0.1) is 12.1 Å². The maximum Gasteiger partial charge on any atom is 0.265 e. The van der Waals surface area contributed by atoms with E-state index in [2.05, 4.69) is 5.32 Å². The number of benzene rings is 2. The number of anilines is 2. The molecule has 24 heavy (non-hydrogen) atoms. The molecule has 2 aromatic carbocycles. The number of nitrogens with one attached hydrogen (secondary N) is 1. The summed E-state index contributed by atoms with van der Waals surface area (Å²) in [6, 6.07) is 12.4. The number of likely N-dealkylation sites (N-methyl/N-ethyl adjacent to an activating group) is 1. The van der Waals surface area contributed by atoms with E-state index in [-0.39, 0.29) is 24.8 Å². The molecule has 0 atom stereocenters. The Bertz CT molecular complexity index is 774. The summed E-state index contributed by atoms with van der Waals surface area (Å²) in [4.78, 5) is 25.7. The van der Waals surface area contributed by atoms with Gasteiger partial charge >= 0.3 is 0 Å². The Labute approximate surface area is 145 Å². The highest BCUT2D eigenvalue weighted by molar-refractivity contribution is 6.30. The third-order valence-electron chi connectivity index (χ3n) is 3.78. The predicted octanol–water partition coefficient (Wildman–Crippen LogP) is 3.27. The van der Waals surface area contributed by atoms with Crippen LogP contribution in [0.4, 0.5) is 11.4 Å². The van der Waals surface area contributed by atoms with Crippen LogP contribution in [0.5, 0.6) is 5.75 Å². The molecule has 0 fully saturated rings. The van der Waals surface area contributed by atoms with Crippen molar-refractivity contribution in [3.63, 3.8) is 0 Å². The van der Waals surface area contributed by atoms with Gasteiger partial charge in [-0.1, -0.05) is 23.7 Å². The first-order valence-corrected chi connectivity index (χ1v) is 8.06. The van der Waals surface area contributed by atoms with Gasteiger partial charge in [0.2, 0.25) is 5.91 Å². The number of fused-ring (bicyclic) bond motifs is 1. The lowest BCUT2D eigenvalue weighted by atomic mass is 10.1. The number of amides is 2. The number of carbonyl (C=O) groups excluding carboxylic acids is 2. The maximum atomic E-state index is 12.2. The molecule has 1 aliphatic rings. The van der Waals surface area contributed by atoms with Crippen molar-refractivity contribution in [1.82, 2.24) is 0 Å². The Balaban J connectivity index is 1.73. The van der Waals surface area contributed by atoms with E-state index in [0.717, 1.165) is 5.56 Å². The van der Waals surface area contributed by atoms with Gasteiger partial charge in [0.25, 0.3) is 5.91 Å². The fourth-order valence-corrected chi connectivity index (χ4v) is 2.75. The number of hydrogen-bond acceptors (Lipinski definition) is 3. The van der Waals surface area contributed by atoms with Crippen LogP contribution in [0.2, 0.25) is 5.02 Å². The standard InChI is InChI=1S/C18H17ClN2O3/c1-2-21-15-10-14(7-8-16(15)24-11-18(21)23)20-17(22)9-12-3-5-13(19)6-4-12/h3-8,10H,2,9,11H2,1H3,(H,20,22). The lowest BCUT2D eigenvalue weighted by molar-refractivity contribution is -0.121. The van der Waals surface area contributed by atoms with E-state index in [9.17, 15) is 9.59 Å².